The van der Waals surface area contributed by atoms with Gasteiger partial charge in [0.1, 0.15) is 11.5 Å². The zero-order valence-electron chi connectivity index (χ0n) is 16.8. The van der Waals surface area contributed by atoms with Gasteiger partial charge in [-0.1, -0.05) is 40.2 Å². The number of ketones is 1. The standard InChI is InChI=1S/C23H24BrNO5/c1-14(2)30-12-4-11-25-20(16-5-3-6-18(26)13-16)19(22(28)23(25)29)21(27)15-7-9-17(24)10-8-15/h3,5-10,13-14,20,26-27H,4,11-12H2,1-2H3/t20-/m0/s1. The predicted molar refractivity (Wildman–Crippen MR) is 117 cm³/mol. The highest BCUT2D eigenvalue weighted by Gasteiger charge is 2.45. The number of phenols is 1. The Hall–Kier alpha value is -2.64. The number of hydrogen-bond acceptors (Lipinski definition) is 5. The summed E-state index contributed by atoms with van der Waals surface area (Å²) in [7, 11) is 0. The smallest absolute Gasteiger partial charge is 0.295 e. The molecule has 1 aliphatic rings. The molecule has 30 heavy (non-hydrogen) atoms. The number of carbonyl (C=O) groups excluding carboxylic acids is 2. The molecule has 0 saturated carbocycles. The number of nitrogens with zero attached hydrogens (tertiary/aromatic N) is 1. The summed E-state index contributed by atoms with van der Waals surface area (Å²) in [5, 5.41) is 20.9. The average Bonchev–Trinajstić information content (AvgIpc) is 2.96. The highest BCUT2D eigenvalue weighted by Crippen LogP contribution is 2.40. The number of benzene rings is 2. The van der Waals surface area contributed by atoms with Crippen molar-refractivity contribution in [2.75, 3.05) is 13.2 Å². The van der Waals surface area contributed by atoms with E-state index in [1.807, 2.05) is 13.8 Å². The Morgan fingerprint density at radius 2 is 1.87 bits per heavy atom. The van der Waals surface area contributed by atoms with Crippen molar-refractivity contribution < 1.29 is 24.5 Å². The van der Waals surface area contributed by atoms with Crippen LogP contribution in [0.1, 0.15) is 37.4 Å². The molecule has 1 saturated heterocycles. The molecule has 6 nitrogen and oxygen atoms in total. The van der Waals surface area contributed by atoms with Crippen LogP contribution in [0, 0.1) is 0 Å². The summed E-state index contributed by atoms with van der Waals surface area (Å²) in [6.45, 7) is 4.59. The molecule has 0 bridgehead atoms. The molecule has 3 rings (SSSR count). The van der Waals surface area contributed by atoms with Crippen molar-refractivity contribution in [1.82, 2.24) is 4.90 Å². The second kappa shape index (κ2) is 9.45. The molecular formula is C23H24BrNO5. The highest BCUT2D eigenvalue weighted by molar-refractivity contribution is 9.10. The third-order valence-corrected chi connectivity index (χ3v) is 5.37. The summed E-state index contributed by atoms with van der Waals surface area (Å²) in [4.78, 5) is 27.2. The van der Waals surface area contributed by atoms with Crippen LogP contribution in [0.3, 0.4) is 0 Å². The number of carbonyl (C=O) groups is 2. The van der Waals surface area contributed by atoms with Crippen molar-refractivity contribution in [1.29, 1.82) is 0 Å². The number of phenolic OH excluding ortho intramolecular Hbond substituents is 1. The van der Waals surface area contributed by atoms with Gasteiger partial charge in [0.15, 0.2) is 0 Å². The van der Waals surface area contributed by atoms with E-state index in [4.69, 9.17) is 4.74 Å². The van der Waals surface area contributed by atoms with Crippen LogP contribution in [0.25, 0.3) is 5.76 Å². The number of aliphatic hydroxyl groups excluding tert-OH is 1. The molecule has 0 spiro atoms. The number of ether oxygens (including phenoxy) is 1. The topological polar surface area (TPSA) is 87.1 Å². The summed E-state index contributed by atoms with van der Waals surface area (Å²) in [6, 6.07) is 12.4. The fraction of sp³-hybridized carbons (Fsp3) is 0.304. The Balaban J connectivity index is 2.03. The van der Waals surface area contributed by atoms with Crippen molar-refractivity contribution in [3.8, 4) is 5.75 Å². The molecule has 0 unspecified atom stereocenters. The van der Waals surface area contributed by atoms with Gasteiger partial charge in [-0.3, -0.25) is 9.59 Å². The monoisotopic (exact) mass is 473 g/mol. The third-order valence-electron chi connectivity index (χ3n) is 4.84. The Morgan fingerprint density at radius 1 is 1.17 bits per heavy atom. The molecule has 1 amide bonds. The van der Waals surface area contributed by atoms with Gasteiger partial charge in [-0.25, -0.2) is 0 Å². The molecule has 0 radical (unpaired) electrons. The molecule has 1 fully saturated rings. The van der Waals surface area contributed by atoms with Crippen LogP contribution in [0.5, 0.6) is 5.75 Å². The van der Waals surface area contributed by atoms with Gasteiger partial charge >= 0.3 is 0 Å². The number of rotatable bonds is 7. The van der Waals surface area contributed by atoms with Gasteiger partial charge in [0.2, 0.25) is 0 Å². The van der Waals surface area contributed by atoms with E-state index in [1.165, 1.54) is 17.0 Å². The minimum Gasteiger partial charge on any atom is -0.508 e. The summed E-state index contributed by atoms with van der Waals surface area (Å²) in [5.74, 6) is -1.64. The number of amides is 1. The van der Waals surface area contributed by atoms with Crippen LogP contribution in [0.4, 0.5) is 0 Å². The molecular weight excluding hydrogens is 450 g/mol. The molecule has 2 aromatic carbocycles. The van der Waals surface area contributed by atoms with Crippen molar-refractivity contribution in [3.63, 3.8) is 0 Å². The zero-order chi connectivity index (χ0) is 21.8. The summed E-state index contributed by atoms with van der Waals surface area (Å²) < 4.78 is 6.38. The Labute approximate surface area is 183 Å². The molecule has 158 valence electrons. The largest absolute Gasteiger partial charge is 0.508 e. The van der Waals surface area contributed by atoms with E-state index in [2.05, 4.69) is 15.9 Å². The second-order valence-electron chi connectivity index (χ2n) is 7.37. The molecule has 0 aliphatic carbocycles. The first-order valence-electron chi connectivity index (χ1n) is 9.74. The number of Topliss-reactive ketones (excluding diaryl/α,β-unsaturated/α-hetero) is 1. The predicted octanol–water partition coefficient (Wildman–Crippen LogP) is 4.39. The lowest BCUT2D eigenvalue weighted by Gasteiger charge is -2.25. The molecule has 1 heterocycles. The Bertz CT molecular complexity index is 968. The fourth-order valence-electron chi connectivity index (χ4n) is 3.47. The molecule has 1 aliphatic heterocycles. The van der Waals surface area contributed by atoms with E-state index in [0.717, 1.165) is 4.47 Å². The molecule has 7 heteroatoms. The highest BCUT2D eigenvalue weighted by atomic mass is 79.9. The van der Waals surface area contributed by atoms with Gasteiger partial charge in [-0.2, -0.15) is 0 Å². The lowest BCUT2D eigenvalue weighted by atomic mass is 9.95. The van der Waals surface area contributed by atoms with Gasteiger partial charge in [-0.05, 0) is 50.1 Å². The van der Waals surface area contributed by atoms with Gasteiger partial charge in [0, 0.05) is 23.2 Å². The minimum atomic E-state index is -0.792. The van der Waals surface area contributed by atoms with Crippen molar-refractivity contribution in [2.24, 2.45) is 0 Å². The van der Waals surface area contributed by atoms with Crippen LogP contribution >= 0.6 is 15.9 Å². The third kappa shape index (κ3) is 4.74. The van der Waals surface area contributed by atoms with Gasteiger partial charge in [0.25, 0.3) is 11.7 Å². The van der Waals surface area contributed by atoms with Crippen molar-refractivity contribution >= 4 is 33.4 Å². The number of likely N-dealkylation sites (tertiary alicyclic amines) is 1. The molecule has 2 aromatic rings. The normalized spacial score (nSPS) is 18.4. The lowest BCUT2D eigenvalue weighted by Crippen LogP contribution is -2.31. The van der Waals surface area contributed by atoms with Crippen LogP contribution in [-0.2, 0) is 14.3 Å². The van der Waals surface area contributed by atoms with E-state index >= 15 is 0 Å². The number of hydrogen-bond donors (Lipinski definition) is 2. The number of aliphatic hydroxyl groups is 1. The maximum absolute atomic E-state index is 12.9. The Kier molecular flexibility index (Phi) is 6.95. The van der Waals surface area contributed by atoms with Gasteiger partial charge in [0.05, 0.1) is 17.7 Å². The van der Waals surface area contributed by atoms with Gasteiger partial charge in [-0.15, -0.1) is 0 Å². The zero-order valence-corrected chi connectivity index (χ0v) is 18.4. The van der Waals surface area contributed by atoms with E-state index < -0.39 is 17.7 Å². The first-order valence-corrected chi connectivity index (χ1v) is 10.5. The SMILES string of the molecule is CC(C)OCCCN1C(=O)C(=O)C(=C(O)c2ccc(Br)cc2)[C@@H]1c1cccc(O)c1. The van der Waals surface area contributed by atoms with Gasteiger partial charge < -0.3 is 19.8 Å². The van der Waals surface area contributed by atoms with E-state index in [0.29, 0.717) is 24.2 Å². The summed E-state index contributed by atoms with van der Waals surface area (Å²) in [6.07, 6.45) is 0.610. The lowest BCUT2D eigenvalue weighted by molar-refractivity contribution is -0.140. The maximum Gasteiger partial charge on any atom is 0.295 e. The first-order chi connectivity index (χ1) is 14.3. The van der Waals surface area contributed by atoms with E-state index in [9.17, 15) is 19.8 Å². The minimum absolute atomic E-state index is 0.0118. The molecule has 2 N–H and O–H groups in total. The number of aromatic hydroxyl groups is 1. The first kappa shape index (κ1) is 22.1. The van der Waals surface area contributed by atoms with Crippen molar-refractivity contribution in [3.05, 3.63) is 69.7 Å². The summed E-state index contributed by atoms with van der Waals surface area (Å²) in [5.41, 5.74) is 1.000. The molecule has 0 aromatic heterocycles. The van der Waals surface area contributed by atoms with E-state index in [-0.39, 0.29) is 29.7 Å². The second-order valence-corrected chi connectivity index (χ2v) is 8.28. The van der Waals surface area contributed by atoms with Crippen LogP contribution in [-0.4, -0.2) is 46.1 Å². The van der Waals surface area contributed by atoms with E-state index in [1.54, 1.807) is 36.4 Å². The quantitative estimate of drug-likeness (QED) is 0.269. The van der Waals surface area contributed by atoms with Crippen LogP contribution < -0.4 is 0 Å². The molecule has 1 atom stereocenters. The maximum atomic E-state index is 12.9. The summed E-state index contributed by atoms with van der Waals surface area (Å²) >= 11 is 3.34. The van der Waals surface area contributed by atoms with Crippen LogP contribution in [0.15, 0.2) is 58.6 Å². The fourth-order valence-corrected chi connectivity index (χ4v) is 3.73. The average molecular weight is 474 g/mol. The van der Waals surface area contributed by atoms with Crippen LogP contribution in [0.2, 0.25) is 0 Å². The van der Waals surface area contributed by atoms with Crippen molar-refractivity contribution in [2.45, 2.75) is 32.4 Å². The Morgan fingerprint density at radius 3 is 2.50 bits per heavy atom. The number of halogens is 1.